The molecule has 2 aliphatic heterocycles. The fourth-order valence-electron chi connectivity index (χ4n) is 3.70. The van der Waals surface area contributed by atoms with Crippen LogP contribution in [-0.4, -0.2) is 44.1 Å². The molecule has 2 aromatic carbocycles. The topological polar surface area (TPSA) is 81.7 Å². The molecule has 4 atom stereocenters. The van der Waals surface area contributed by atoms with Crippen molar-refractivity contribution in [1.82, 2.24) is 0 Å². The van der Waals surface area contributed by atoms with Gasteiger partial charge in [-0.15, -0.1) is 0 Å². The number of ether oxygens (including phenoxy) is 4. The lowest BCUT2D eigenvalue weighted by Gasteiger charge is -2.26. The number of benzene rings is 2. The molecule has 9 heteroatoms. The van der Waals surface area contributed by atoms with E-state index in [1.165, 1.54) is 0 Å². The van der Waals surface area contributed by atoms with Crippen LogP contribution in [0, 0.1) is 0 Å². The summed E-state index contributed by atoms with van der Waals surface area (Å²) in [7, 11) is -2.35. The van der Waals surface area contributed by atoms with Gasteiger partial charge in [-0.25, -0.2) is 4.57 Å². The Morgan fingerprint density at radius 2 is 1.44 bits per heavy atom. The first kappa shape index (κ1) is 23.5. The van der Waals surface area contributed by atoms with Crippen LogP contribution in [0.15, 0.2) is 60.7 Å². The molecule has 8 nitrogen and oxygen atoms in total. The molecule has 4 rings (SSSR count). The molecule has 0 radical (unpaired) electrons. The number of fused-ring (bicyclic) bond motifs is 1. The maximum absolute atomic E-state index is 13.4. The van der Waals surface area contributed by atoms with E-state index in [-0.39, 0.29) is 19.8 Å². The average molecular weight is 464 g/mol. The second-order valence-electron chi connectivity index (χ2n) is 8.10. The minimum atomic E-state index is -3.91. The molecule has 0 amide bonds. The highest BCUT2D eigenvalue weighted by molar-refractivity contribution is 7.48. The van der Waals surface area contributed by atoms with E-state index in [9.17, 15) is 4.57 Å². The van der Waals surface area contributed by atoms with Crippen LogP contribution in [0.25, 0.3) is 0 Å². The number of rotatable bonds is 10. The highest BCUT2D eigenvalue weighted by Crippen LogP contribution is 2.52. The number of hydrogen-bond acceptors (Lipinski definition) is 8. The summed E-state index contributed by atoms with van der Waals surface area (Å²) in [5.41, 5.74) is 1.70. The molecule has 2 fully saturated rings. The predicted molar refractivity (Wildman–Crippen MR) is 116 cm³/mol. The predicted octanol–water partition coefficient (Wildman–Crippen LogP) is 4.44. The number of methoxy groups -OCH3 is 1. The van der Waals surface area contributed by atoms with Gasteiger partial charge in [0.15, 0.2) is 12.1 Å². The van der Waals surface area contributed by atoms with Gasteiger partial charge in [0.2, 0.25) is 0 Å². The van der Waals surface area contributed by atoms with E-state index >= 15 is 0 Å². The minimum absolute atomic E-state index is 0.0699. The first-order valence-electron chi connectivity index (χ1n) is 10.5. The summed E-state index contributed by atoms with van der Waals surface area (Å²) < 4.78 is 53.6. The molecule has 32 heavy (non-hydrogen) atoms. The molecule has 0 aliphatic carbocycles. The van der Waals surface area contributed by atoms with Gasteiger partial charge in [-0.05, 0) is 25.0 Å². The minimum Gasteiger partial charge on any atom is -0.376 e. The lowest BCUT2D eigenvalue weighted by atomic mass is 10.1. The second kappa shape index (κ2) is 10.1. The van der Waals surface area contributed by atoms with E-state index in [0.717, 1.165) is 11.1 Å². The highest BCUT2D eigenvalue weighted by Gasteiger charge is 2.55. The quantitative estimate of drug-likeness (QED) is 0.478. The highest BCUT2D eigenvalue weighted by atomic mass is 31.2. The Morgan fingerprint density at radius 1 is 0.875 bits per heavy atom. The monoisotopic (exact) mass is 464 g/mol. The van der Waals surface area contributed by atoms with Gasteiger partial charge in [0.05, 0.1) is 19.8 Å². The van der Waals surface area contributed by atoms with Crippen LogP contribution in [0.2, 0.25) is 0 Å². The summed E-state index contributed by atoms with van der Waals surface area (Å²) >= 11 is 0. The molecule has 0 saturated carbocycles. The van der Waals surface area contributed by atoms with Crippen molar-refractivity contribution in [1.29, 1.82) is 0 Å². The van der Waals surface area contributed by atoms with Crippen molar-refractivity contribution in [3.63, 3.8) is 0 Å². The zero-order valence-corrected chi connectivity index (χ0v) is 19.3. The number of phosphoric ester groups is 1. The van der Waals surface area contributed by atoms with Gasteiger partial charge in [0.1, 0.15) is 18.3 Å². The molecule has 2 aliphatic rings. The van der Waals surface area contributed by atoms with E-state index in [1.807, 2.05) is 74.5 Å². The van der Waals surface area contributed by atoms with Gasteiger partial charge < -0.3 is 18.9 Å². The Bertz CT molecular complexity index is 859. The Balaban J connectivity index is 1.41. The fourth-order valence-corrected chi connectivity index (χ4v) is 4.87. The van der Waals surface area contributed by atoms with Crippen molar-refractivity contribution in [2.45, 2.75) is 57.5 Å². The van der Waals surface area contributed by atoms with Crippen molar-refractivity contribution >= 4 is 7.82 Å². The van der Waals surface area contributed by atoms with Crippen molar-refractivity contribution in [3.8, 4) is 0 Å². The molecule has 0 aromatic heterocycles. The van der Waals surface area contributed by atoms with Crippen LogP contribution in [0.1, 0.15) is 25.0 Å². The van der Waals surface area contributed by atoms with Crippen molar-refractivity contribution in [2.75, 3.05) is 13.7 Å². The lowest BCUT2D eigenvalue weighted by molar-refractivity contribution is -0.219. The van der Waals surface area contributed by atoms with Gasteiger partial charge in [-0.2, -0.15) is 0 Å². The Labute approximate surface area is 188 Å². The van der Waals surface area contributed by atoms with E-state index in [0.29, 0.717) is 0 Å². The summed E-state index contributed by atoms with van der Waals surface area (Å²) in [6, 6.07) is 18.8. The van der Waals surface area contributed by atoms with Crippen LogP contribution in [-0.2, 0) is 50.3 Å². The van der Waals surface area contributed by atoms with Crippen molar-refractivity contribution in [2.24, 2.45) is 0 Å². The Morgan fingerprint density at radius 3 is 1.97 bits per heavy atom. The molecule has 0 spiro atoms. The van der Waals surface area contributed by atoms with Crippen molar-refractivity contribution < 1.29 is 37.1 Å². The summed E-state index contributed by atoms with van der Waals surface area (Å²) in [5, 5.41) is 0. The van der Waals surface area contributed by atoms with Crippen LogP contribution >= 0.6 is 7.82 Å². The maximum Gasteiger partial charge on any atom is 0.475 e. The van der Waals surface area contributed by atoms with E-state index in [1.54, 1.807) is 7.11 Å². The molecule has 0 N–H and O–H groups in total. The molecule has 0 bridgehead atoms. The Hall–Kier alpha value is -1.61. The molecule has 174 valence electrons. The SMILES string of the molecule is CO[C@H]1[C@H]2OC(C)(C)O[C@H]2O[C@@H]1COP(=O)(OCc1ccccc1)OCc1ccccc1. The molecule has 2 heterocycles. The van der Waals surface area contributed by atoms with Gasteiger partial charge in [0, 0.05) is 7.11 Å². The molecular formula is C23H29O8P. The first-order valence-corrected chi connectivity index (χ1v) is 12.0. The number of hydrogen-bond donors (Lipinski definition) is 0. The standard InChI is InChI=1S/C23H29O8P/c1-23(2)30-21-20(25-3)19(29-22(21)31-23)16-28-32(24,26-14-17-10-6-4-7-11-17)27-15-18-12-8-5-9-13-18/h4-13,19-22H,14-16H2,1-3H3/t19-,20-,21-,22-/m1/s1. The smallest absolute Gasteiger partial charge is 0.376 e. The molecular weight excluding hydrogens is 435 g/mol. The average Bonchev–Trinajstić information content (AvgIpc) is 3.27. The normalized spacial score (nSPS) is 26.8. The van der Waals surface area contributed by atoms with Crippen LogP contribution in [0.3, 0.4) is 0 Å². The zero-order valence-electron chi connectivity index (χ0n) is 18.4. The lowest BCUT2D eigenvalue weighted by Crippen LogP contribution is -2.38. The third-order valence-electron chi connectivity index (χ3n) is 5.22. The summed E-state index contributed by atoms with van der Waals surface area (Å²) in [5.74, 6) is -0.759. The number of phosphoric acid groups is 1. The van der Waals surface area contributed by atoms with Gasteiger partial charge in [-0.3, -0.25) is 13.6 Å². The third kappa shape index (κ3) is 5.84. The van der Waals surface area contributed by atoms with Gasteiger partial charge >= 0.3 is 7.82 Å². The summed E-state index contributed by atoms with van der Waals surface area (Å²) in [6.07, 6.45) is -1.99. The van der Waals surface area contributed by atoms with Gasteiger partial charge in [-0.1, -0.05) is 60.7 Å². The Kier molecular flexibility index (Phi) is 7.44. The zero-order chi connectivity index (χ0) is 22.6. The van der Waals surface area contributed by atoms with E-state index in [4.69, 9.17) is 32.5 Å². The van der Waals surface area contributed by atoms with E-state index in [2.05, 4.69) is 0 Å². The summed E-state index contributed by atoms with van der Waals surface area (Å²) in [4.78, 5) is 0. The maximum atomic E-state index is 13.4. The molecule has 0 unspecified atom stereocenters. The van der Waals surface area contributed by atoms with E-state index < -0.39 is 38.2 Å². The fraction of sp³-hybridized carbons (Fsp3) is 0.478. The summed E-state index contributed by atoms with van der Waals surface area (Å²) in [6.45, 7) is 3.72. The van der Waals surface area contributed by atoms with Crippen LogP contribution in [0.5, 0.6) is 0 Å². The third-order valence-corrected chi connectivity index (χ3v) is 6.58. The molecule has 2 saturated heterocycles. The van der Waals surface area contributed by atoms with Crippen molar-refractivity contribution in [3.05, 3.63) is 71.8 Å². The second-order valence-corrected chi connectivity index (χ2v) is 9.77. The largest absolute Gasteiger partial charge is 0.475 e. The van der Waals surface area contributed by atoms with Gasteiger partial charge in [0.25, 0.3) is 0 Å². The molecule has 2 aromatic rings. The first-order chi connectivity index (χ1) is 15.4. The van der Waals surface area contributed by atoms with Crippen LogP contribution < -0.4 is 0 Å². The van der Waals surface area contributed by atoms with Crippen LogP contribution in [0.4, 0.5) is 0 Å².